The molecule has 0 saturated carbocycles. The number of aromatic nitrogens is 2. The molecule has 78 valence electrons. The van der Waals surface area contributed by atoms with E-state index < -0.39 is 0 Å². The first-order valence-electron chi connectivity index (χ1n) is 4.13. The van der Waals surface area contributed by atoms with Crippen LogP contribution in [0.5, 0.6) is 0 Å². The molecule has 0 bridgehead atoms. The van der Waals surface area contributed by atoms with Gasteiger partial charge < -0.3 is 11.6 Å². The van der Waals surface area contributed by atoms with Gasteiger partial charge in [0.1, 0.15) is 12.0 Å². The van der Waals surface area contributed by atoms with Crippen molar-refractivity contribution >= 4 is 29.0 Å². The van der Waals surface area contributed by atoms with E-state index in [1.54, 1.807) is 18.2 Å². The largest absolute Gasteiger partial charge is 0.382 e. The predicted molar refractivity (Wildman–Crippen MR) is 62.2 cm³/mol. The van der Waals surface area contributed by atoms with E-state index in [1.165, 1.54) is 11.0 Å². The molecule has 0 aliphatic heterocycles. The number of hydrogen-bond acceptors (Lipinski definition) is 3. The zero-order chi connectivity index (χ0) is 11.0. The summed E-state index contributed by atoms with van der Waals surface area (Å²) in [6.45, 7) is 0. The van der Waals surface area contributed by atoms with Gasteiger partial charge in [-0.05, 0) is 18.2 Å². The monoisotopic (exact) mass is 242 g/mol. The summed E-state index contributed by atoms with van der Waals surface area (Å²) in [6.07, 6.45) is 1.43. The van der Waals surface area contributed by atoms with Gasteiger partial charge in [-0.25, -0.2) is 9.66 Å². The fourth-order valence-corrected chi connectivity index (χ4v) is 1.76. The summed E-state index contributed by atoms with van der Waals surface area (Å²) >= 11 is 11.8. The molecule has 2 aromatic rings. The number of imidazole rings is 1. The third kappa shape index (κ3) is 1.73. The van der Waals surface area contributed by atoms with E-state index in [2.05, 4.69) is 4.98 Å². The van der Waals surface area contributed by atoms with Crippen molar-refractivity contribution in [3.63, 3.8) is 0 Å². The molecule has 1 aromatic heterocycles. The van der Waals surface area contributed by atoms with Crippen molar-refractivity contribution in [2.45, 2.75) is 0 Å². The molecule has 0 radical (unpaired) electrons. The minimum absolute atomic E-state index is 0.360. The summed E-state index contributed by atoms with van der Waals surface area (Å²) < 4.78 is 1.24. The lowest BCUT2D eigenvalue weighted by atomic mass is 10.1. The standard InChI is InChI=1S/C9H8Cl2N4/c10-5-1-2-6(7(11)3-5)8-9(12)15(13)4-14-8/h1-4H,12-13H2. The number of rotatable bonds is 1. The third-order valence-electron chi connectivity index (χ3n) is 2.02. The summed E-state index contributed by atoms with van der Waals surface area (Å²) in [5.41, 5.74) is 6.99. The van der Waals surface area contributed by atoms with Crippen LogP contribution in [-0.2, 0) is 0 Å². The Bertz CT molecular complexity index is 507. The first kappa shape index (κ1) is 10.1. The maximum atomic E-state index is 6.02. The third-order valence-corrected chi connectivity index (χ3v) is 2.57. The SMILES string of the molecule is Nc1c(-c2ccc(Cl)cc2Cl)ncn1N. The molecule has 0 fully saturated rings. The first-order valence-corrected chi connectivity index (χ1v) is 4.88. The van der Waals surface area contributed by atoms with Crippen LogP contribution in [0.2, 0.25) is 10.0 Å². The van der Waals surface area contributed by atoms with Gasteiger partial charge in [0.05, 0.1) is 5.02 Å². The molecule has 0 atom stereocenters. The van der Waals surface area contributed by atoms with Crippen molar-refractivity contribution in [2.75, 3.05) is 11.6 Å². The van der Waals surface area contributed by atoms with Crippen LogP contribution in [-0.4, -0.2) is 9.66 Å². The van der Waals surface area contributed by atoms with E-state index in [1.807, 2.05) is 0 Å². The molecule has 4 N–H and O–H groups in total. The number of halogens is 2. The second kappa shape index (κ2) is 3.64. The molecule has 0 unspecified atom stereocenters. The molecule has 6 heteroatoms. The van der Waals surface area contributed by atoms with E-state index in [4.69, 9.17) is 34.8 Å². The number of nitrogens with zero attached hydrogens (tertiary/aromatic N) is 2. The molecule has 0 spiro atoms. The van der Waals surface area contributed by atoms with Gasteiger partial charge in [0.25, 0.3) is 0 Å². The molecule has 0 amide bonds. The van der Waals surface area contributed by atoms with E-state index in [-0.39, 0.29) is 0 Å². The quantitative estimate of drug-likeness (QED) is 0.754. The number of benzene rings is 1. The van der Waals surface area contributed by atoms with Crippen LogP contribution in [0.15, 0.2) is 24.5 Å². The lowest BCUT2D eigenvalue weighted by Gasteiger charge is -2.03. The highest BCUT2D eigenvalue weighted by Gasteiger charge is 2.11. The number of nitrogens with two attached hydrogens (primary N) is 2. The van der Waals surface area contributed by atoms with Crippen molar-refractivity contribution in [3.05, 3.63) is 34.6 Å². The van der Waals surface area contributed by atoms with Crippen LogP contribution in [0.25, 0.3) is 11.3 Å². The van der Waals surface area contributed by atoms with E-state index >= 15 is 0 Å². The first-order chi connectivity index (χ1) is 7.09. The van der Waals surface area contributed by atoms with Crippen LogP contribution in [0.4, 0.5) is 5.82 Å². The summed E-state index contributed by atoms with van der Waals surface area (Å²) in [5.74, 6) is 5.88. The number of anilines is 1. The van der Waals surface area contributed by atoms with Crippen molar-refractivity contribution in [1.29, 1.82) is 0 Å². The second-order valence-electron chi connectivity index (χ2n) is 3.01. The molecule has 4 nitrogen and oxygen atoms in total. The highest BCUT2D eigenvalue weighted by atomic mass is 35.5. The molecule has 1 heterocycles. The average Bonchev–Trinajstić information content (AvgIpc) is 2.49. The molecule has 1 aromatic carbocycles. The Kier molecular flexibility index (Phi) is 2.46. The normalized spacial score (nSPS) is 10.5. The molecular formula is C9H8Cl2N4. The van der Waals surface area contributed by atoms with Crippen LogP contribution < -0.4 is 11.6 Å². The van der Waals surface area contributed by atoms with Gasteiger partial charge in [-0.1, -0.05) is 23.2 Å². The smallest absolute Gasteiger partial charge is 0.150 e. The lowest BCUT2D eigenvalue weighted by Crippen LogP contribution is -2.10. The zero-order valence-electron chi connectivity index (χ0n) is 7.61. The minimum atomic E-state index is 0.360. The Labute approximate surface area is 96.4 Å². The molecule has 0 aliphatic rings. The van der Waals surface area contributed by atoms with Gasteiger partial charge in [-0.15, -0.1) is 0 Å². The highest BCUT2D eigenvalue weighted by molar-refractivity contribution is 6.36. The zero-order valence-corrected chi connectivity index (χ0v) is 9.13. The molecule has 0 aliphatic carbocycles. The second-order valence-corrected chi connectivity index (χ2v) is 3.85. The Morgan fingerprint density at radius 2 is 2.00 bits per heavy atom. The van der Waals surface area contributed by atoms with Crippen LogP contribution in [0.3, 0.4) is 0 Å². The Balaban J connectivity index is 2.59. The Morgan fingerprint density at radius 3 is 2.53 bits per heavy atom. The van der Waals surface area contributed by atoms with Gasteiger partial charge in [0.15, 0.2) is 5.82 Å². The summed E-state index contributed by atoms with van der Waals surface area (Å²) in [5, 5.41) is 1.06. The summed E-state index contributed by atoms with van der Waals surface area (Å²) in [6, 6.07) is 5.11. The van der Waals surface area contributed by atoms with Gasteiger partial charge >= 0.3 is 0 Å². The lowest BCUT2D eigenvalue weighted by molar-refractivity contribution is 1.01. The van der Waals surface area contributed by atoms with Gasteiger partial charge in [0.2, 0.25) is 0 Å². The van der Waals surface area contributed by atoms with E-state index in [0.29, 0.717) is 27.1 Å². The van der Waals surface area contributed by atoms with Gasteiger partial charge in [-0.3, -0.25) is 0 Å². The topological polar surface area (TPSA) is 69.9 Å². The van der Waals surface area contributed by atoms with Gasteiger partial charge in [-0.2, -0.15) is 0 Å². The van der Waals surface area contributed by atoms with Crippen molar-refractivity contribution in [1.82, 2.24) is 9.66 Å². The Hall–Kier alpha value is -1.39. The summed E-state index contributed by atoms with van der Waals surface area (Å²) in [7, 11) is 0. The molecule has 2 rings (SSSR count). The fraction of sp³-hybridized carbons (Fsp3) is 0. The maximum absolute atomic E-state index is 6.02. The van der Waals surface area contributed by atoms with E-state index in [9.17, 15) is 0 Å². The Morgan fingerprint density at radius 1 is 1.27 bits per heavy atom. The highest BCUT2D eigenvalue weighted by Crippen LogP contribution is 2.31. The molecule has 0 saturated heterocycles. The van der Waals surface area contributed by atoms with Crippen molar-refractivity contribution in [2.24, 2.45) is 0 Å². The van der Waals surface area contributed by atoms with Gasteiger partial charge in [0, 0.05) is 10.6 Å². The van der Waals surface area contributed by atoms with Crippen molar-refractivity contribution < 1.29 is 0 Å². The summed E-state index contributed by atoms with van der Waals surface area (Å²) in [4.78, 5) is 4.06. The average molecular weight is 243 g/mol. The van der Waals surface area contributed by atoms with Crippen molar-refractivity contribution in [3.8, 4) is 11.3 Å². The maximum Gasteiger partial charge on any atom is 0.150 e. The van der Waals surface area contributed by atoms with Crippen LogP contribution >= 0.6 is 23.2 Å². The van der Waals surface area contributed by atoms with E-state index in [0.717, 1.165) is 0 Å². The fourth-order valence-electron chi connectivity index (χ4n) is 1.26. The number of nitrogen functional groups attached to an aromatic ring is 2. The predicted octanol–water partition coefficient (Wildman–Crippen LogP) is 2.15. The van der Waals surface area contributed by atoms with Crippen LogP contribution in [0.1, 0.15) is 0 Å². The van der Waals surface area contributed by atoms with Crippen LogP contribution in [0, 0.1) is 0 Å². The number of hydrogen-bond donors (Lipinski definition) is 2. The minimum Gasteiger partial charge on any atom is -0.382 e. The molecule has 15 heavy (non-hydrogen) atoms. The molecular weight excluding hydrogens is 235 g/mol.